The van der Waals surface area contributed by atoms with E-state index in [2.05, 4.69) is 5.32 Å². The van der Waals surface area contributed by atoms with Gasteiger partial charge in [-0.1, -0.05) is 0 Å². The lowest BCUT2D eigenvalue weighted by atomic mass is 9.97. The quantitative estimate of drug-likeness (QED) is 0.789. The van der Waals surface area contributed by atoms with Crippen LogP contribution in [0, 0.1) is 5.92 Å². The summed E-state index contributed by atoms with van der Waals surface area (Å²) >= 11 is 0. The van der Waals surface area contributed by atoms with Crippen LogP contribution in [0.3, 0.4) is 0 Å². The first-order chi connectivity index (χ1) is 7.62. The molecule has 2 rings (SSSR count). The lowest BCUT2D eigenvalue weighted by molar-refractivity contribution is 0.0719. The number of methoxy groups -OCH3 is 1. The average molecular weight is 247 g/mol. The van der Waals surface area contributed by atoms with Crippen LogP contribution < -0.4 is 5.32 Å². The van der Waals surface area contributed by atoms with Gasteiger partial charge in [-0.15, -0.1) is 0 Å². The second-order valence-electron chi connectivity index (χ2n) is 5.00. The maximum absolute atomic E-state index is 12.2. The number of rotatable bonds is 4. The standard InChI is InChI=1S/C11H21NO3S/c1-15-10-3-2-4-11(5-10)16(13,14)8-9-6-12-7-9/h9-12H,2-8H2,1H3. The van der Waals surface area contributed by atoms with Crippen molar-refractivity contribution in [2.45, 2.75) is 37.0 Å². The number of nitrogens with one attached hydrogen (secondary N) is 1. The molecule has 0 aromatic heterocycles. The lowest BCUT2D eigenvalue weighted by Gasteiger charge is -2.32. The van der Waals surface area contributed by atoms with Crippen LogP contribution in [-0.4, -0.2) is 45.7 Å². The fourth-order valence-electron chi connectivity index (χ4n) is 2.57. The van der Waals surface area contributed by atoms with Crippen molar-refractivity contribution in [1.29, 1.82) is 0 Å². The smallest absolute Gasteiger partial charge is 0.153 e. The average Bonchev–Trinajstić information content (AvgIpc) is 2.24. The summed E-state index contributed by atoms with van der Waals surface area (Å²) in [6.45, 7) is 1.72. The Labute approximate surface area is 97.7 Å². The molecule has 0 bridgehead atoms. The third-order valence-corrected chi connectivity index (χ3v) is 6.13. The van der Waals surface area contributed by atoms with E-state index in [1.54, 1.807) is 7.11 Å². The van der Waals surface area contributed by atoms with E-state index in [1.807, 2.05) is 0 Å². The Hall–Kier alpha value is -0.130. The summed E-state index contributed by atoms with van der Waals surface area (Å²) in [4.78, 5) is 0. The van der Waals surface area contributed by atoms with Crippen LogP contribution in [0.2, 0.25) is 0 Å². The molecule has 1 heterocycles. The first kappa shape index (κ1) is 12.3. The van der Waals surface area contributed by atoms with E-state index < -0.39 is 9.84 Å². The molecule has 0 spiro atoms. The maximum Gasteiger partial charge on any atom is 0.153 e. The molecule has 2 aliphatic rings. The Bertz CT molecular complexity index is 324. The molecule has 1 saturated heterocycles. The molecule has 1 N–H and O–H groups in total. The summed E-state index contributed by atoms with van der Waals surface area (Å²) in [5, 5.41) is 2.96. The van der Waals surface area contributed by atoms with E-state index >= 15 is 0 Å². The molecular formula is C11H21NO3S. The van der Waals surface area contributed by atoms with Gasteiger partial charge in [0.15, 0.2) is 9.84 Å². The minimum atomic E-state index is -2.91. The highest BCUT2D eigenvalue weighted by Crippen LogP contribution is 2.27. The van der Waals surface area contributed by atoms with E-state index in [0.29, 0.717) is 18.1 Å². The zero-order valence-corrected chi connectivity index (χ0v) is 10.6. The van der Waals surface area contributed by atoms with Gasteiger partial charge in [-0.05, 0) is 31.6 Å². The molecule has 0 aromatic rings. The highest BCUT2D eigenvalue weighted by Gasteiger charge is 2.34. The van der Waals surface area contributed by atoms with Crippen molar-refractivity contribution in [2.75, 3.05) is 26.0 Å². The van der Waals surface area contributed by atoms with Crippen molar-refractivity contribution < 1.29 is 13.2 Å². The van der Waals surface area contributed by atoms with Crippen LogP contribution >= 0.6 is 0 Å². The van der Waals surface area contributed by atoms with Crippen molar-refractivity contribution in [2.24, 2.45) is 5.92 Å². The molecule has 4 nitrogen and oxygen atoms in total. The highest BCUT2D eigenvalue weighted by atomic mass is 32.2. The first-order valence-electron chi connectivity index (χ1n) is 6.07. The molecule has 0 aromatic carbocycles. The molecule has 94 valence electrons. The fraction of sp³-hybridized carbons (Fsp3) is 1.00. The molecule has 2 atom stereocenters. The van der Waals surface area contributed by atoms with Gasteiger partial charge in [0.1, 0.15) is 0 Å². The van der Waals surface area contributed by atoms with Crippen LogP contribution in [0.5, 0.6) is 0 Å². The highest BCUT2D eigenvalue weighted by molar-refractivity contribution is 7.92. The zero-order valence-electron chi connectivity index (χ0n) is 9.81. The summed E-state index contributed by atoms with van der Waals surface area (Å²) in [6, 6.07) is 0. The van der Waals surface area contributed by atoms with Crippen molar-refractivity contribution in [3.05, 3.63) is 0 Å². The topological polar surface area (TPSA) is 55.4 Å². The largest absolute Gasteiger partial charge is 0.381 e. The second-order valence-corrected chi connectivity index (χ2v) is 7.33. The van der Waals surface area contributed by atoms with Crippen LogP contribution in [0.4, 0.5) is 0 Å². The second kappa shape index (κ2) is 5.02. The van der Waals surface area contributed by atoms with Gasteiger partial charge in [0.25, 0.3) is 0 Å². The van der Waals surface area contributed by atoms with Crippen LogP contribution in [0.15, 0.2) is 0 Å². The predicted molar refractivity (Wildman–Crippen MR) is 63.2 cm³/mol. The summed E-state index contributed by atoms with van der Waals surface area (Å²) in [5.41, 5.74) is 0. The zero-order chi connectivity index (χ0) is 11.6. The SMILES string of the molecule is COC1CCCC(S(=O)(=O)CC2CNC2)C1. The summed E-state index contributed by atoms with van der Waals surface area (Å²) < 4.78 is 29.6. The molecule has 0 amide bonds. The van der Waals surface area contributed by atoms with Crippen LogP contribution in [0.1, 0.15) is 25.7 Å². The Kier molecular flexibility index (Phi) is 3.87. The van der Waals surface area contributed by atoms with Crippen LogP contribution in [-0.2, 0) is 14.6 Å². The third kappa shape index (κ3) is 2.76. The number of hydrogen-bond acceptors (Lipinski definition) is 4. The monoisotopic (exact) mass is 247 g/mol. The molecule has 0 radical (unpaired) electrons. The summed E-state index contributed by atoms with van der Waals surface area (Å²) in [5.74, 6) is 0.703. The minimum Gasteiger partial charge on any atom is -0.381 e. The number of hydrogen-bond donors (Lipinski definition) is 1. The fourth-order valence-corrected chi connectivity index (χ4v) is 4.77. The molecule has 2 fully saturated rings. The summed E-state index contributed by atoms with van der Waals surface area (Å²) in [6.07, 6.45) is 3.65. The minimum absolute atomic E-state index is 0.146. The molecular weight excluding hydrogens is 226 g/mol. The van der Waals surface area contributed by atoms with E-state index in [-0.39, 0.29) is 11.4 Å². The molecule has 16 heavy (non-hydrogen) atoms. The molecule has 5 heteroatoms. The van der Waals surface area contributed by atoms with Gasteiger partial charge < -0.3 is 10.1 Å². The van der Waals surface area contributed by atoms with Crippen molar-refractivity contribution >= 4 is 9.84 Å². The Balaban J connectivity index is 1.93. The van der Waals surface area contributed by atoms with E-state index in [4.69, 9.17) is 4.74 Å². The molecule has 1 saturated carbocycles. The van der Waals surface area contributed by atoms with Gasteiger partial charge in [-0.25, -0.2) is 8.42 Å². The van der Waals surface area contributed by atoms with Gasteiger partial charge in [0.2, 0.25) is 0 Å². The maximum atomic E-state index is 12.2. The van der Waals surface area contributed by atoms with Crippen molar-refractivity contribution in [1.82, 2.24) is 5.32 Å². The normalized spacial score (nSPS) is 32.3. The molecule has 1 aliphatic carbocycles. The predicted octanol–water partition coefficient (Wildman–Crippen LogP) is 0.578. The lowest BCUT2D eigenvalue weighted by Crippen LogP contribution is -2.47. The van der Waals surface area contributed by atoms with Gasteiger partial charge in [0.05, 0.1) is 17.1 Å². The van der Waals surface area contributed by atoms with E-state index in [9.17, 15) is 8.42 Å². The summed E-state index contributed by atoms with van der Waals surface area (Å²) in [7, 11) is -1.23. The van der Waals surface area contributed by atoms with Crippen molar-refractivity contribution in [3.8, 4) is 0 Å². The van der Waals surface area contributed by atoms with Gasteiger partial charge in [-0.3, -0.25) is 0 Å². The van der Waals surface area contributed by atoms with Gasteiger partial charge in [-0.2, -0.15) is 0 Å². The van der Waals surface area contributed by atoms with Gasteiger partial charge in [0, 0.05) is 20.2 Å². The third-order valence-electron chi connectivity index (χ3n) is 3.75. The van der Waals surface area contributed by atoms with E-state index in [1.165, 1.54) is 0 Å². The van der Waals surface area contributed by atoms with Crippen molar-refractivity contribution in [3.63, 3.8) is 0 Å². The Morgan fingerprint density at radius 1 is 1.31 bits per heavy atom. The van der Waals surface area contributed by atoms with E-state index in [0.717, 1.165) is 32.4 Å². The molecule has 1 aliphatic heterocycles. The number of sulfone groups is 1. The Morgan fingerprint density at radius 2 is 2.06 bits per heavy atom. The first-order valence-corrected chi connectivity index (χ1v) is 7.78. The Morgan fingerprint density at radius 3 is 2.62 bits per heavy atom. The van der Waals surface area contributed by atoms with Crippen LogP contribution in [0.25, 0.3) is 0 Å². The van der Waals surface area contributed by atoms with Gasteiger partial charge >= 0.3 is 0 Å². The number of ether oxygens (including phenoxy) is 1. The molecule has 2 unspecified atom stereocenters.